The number of aliphatic hydroxyl groups is 1. The molecule has 0 atom stereocenters. The van der Waals surface area contributed by atoms with Crippen molar-refractivity contribution in [2.45, 2.75) is 69.8 Å². The number of nitrogens with zero attached hydrogens (tertiary/aromatic N) is 3. The van der Waals surface area contributed by atoms with Crippen molar-refractivity contribution in [3.63, 3.8) is 0 Å². The summed E-state index contributed by atoms with van der Waals surface area (Å²) in [4.78, 5) is 3.94. The van der Waals surface area contributed by atoms with Crippen LogP contribution >= 0.6 is 146 Å². The third-order valence-corrected chi connectivity index (χ3v) is 12.2. The first-order valence-corrected chi connectivity index (χ1v) is 32.3. The first-order chi connectivity index (χ1) is 31.3. The normalized spacial score (nSPS) is 15.4. The number of aromatic nitrogens is 2. The van der Waals surface area contributed by atoms with Crippen LogP contribution in [0.2, 0.25) is 15.1 Å². The van der Waals surface area contributed by atoms with Crippen molar-refractivity contribution in [2.75, 3.05) is 46.7 Å². The van der Waals surface area contributed by atoms with Gasteiger partial charge < -0.3 is 25.5 Å². The fraction of sp³-hybridized carbons (Fsp3) is 0.467. The number of alkyl halides is 2. The Bertz CT molecular complexity index is 1950. The summed E-state index contributed by atoms with van der Waals surface area (Å²) in [6.07, 6.45) is 18.1. The van der Waals surface area contributed by atoms with Crippen molar-refractivity contribution in [3.05, 3.63) is 112 Å². The summed E-state index contributed by atoms with van der Waals surface area (Å²) < 4.78 is 41.4. The van der Waals surface area contributed by atoms with E-state index in [1.165, 1.54) is 54.9 Å². The molecule has 3 heterocycles. The average molecular weight is 1470 g/mol. The van der Waals surface area contributed by atoms with E-state index in [4.69, 9.17) is 60.2 Å². The first-order valence-electron chi connectivity index (χ1n) is 21.2. The number of hydrogen-bond acceptors (Lipinski definition) is 7. The largest absolute Gasteiger partial charge is 1.00 e. The van der Waals surface area contributed by atoms with Gasteiger partial charge in [-0.05, 0) is 220 Å². The molecule has 0 radical (unpaired) electrons. The van der Waals surface area contributed by atoms with E-state index in [9.17, 15) is 4.39 Å². The van der Waals surface area contributed by atoms with Crippen molar-refractivity contribution < 1.29 is 60.8 Å². The number of hydrogen-bond donors (Lipinski definition) is 1. The van der Waals surface area contributed by atoms with Crippen LogP contribution in [-0.4, -0.2) is 67.8 Å². The van der Waals surface area contributed by atoms with Gasteiger partial charge in [0.25, 0.3) is 0 Å². The van der Waals surface area contributed by atoms with Gasteiger partial charge in [0.2, 0.25) is 0 Å². The van der Waals surface area contributed by atoms with Crippen LogP contribution < -0.4 is 43.8 Å². The molecule has 0 unspecified atom stereocenters. The molecule has 4 aromatic rings. The summed E-state index contributed by atoms with van der Waals surface area (Å²) >= 11 is 35.6. The van der Waals surface area contributed by atoms with Crippen LogP contribution in [0.25, 0.3) is 0 Å². The average Bonchev–Trinajstić information content (AvgIpc) is 4.26. The third-order valence-electron chi connectivity index (χ3n) is 9.30. The van der Waals surface area contributed by atoms with Crippen LogP contribution in [0.4, 0.5) is 4.39 Å². The zero-order chi connectivity index (χ0) is 47.4. The van der Waals surface area contributed by atoms with E-state index in [2.05, 4.69) is 124 Å². The number of aliphatic imine (C=N–C) groups is 1. The molecular weight excluding hydrogens is 1420 g/mol. The van der Waals surface area contributed by atoms with Crippen molar-refractivity contribution in [1.82, 2.24) is 9.78 Å². The summed E-state index contributed by atoms with van der Waals surface area (Å²) in [7, 11) is -1.00. The molecule has 4 fully saturated rings. The molecule has 1 saturated heterocycles. The molecule has 8 nitrogen and oxygen atoms in total. The van der Waals surface area contributed by atoms with Crippen LogP contribution in [0.15, 0.2) is 81.6 Å². The topological polar surface area (TPSA) is 87.3 Å². The van der Waals surface area contributed by atoms with Gasteiger partial charge in [0.1, 0.15) is 21.3 Å². The SMILES string of the molecule is BrP(Br)Br.C1CCOC1.Clc1cc(OCC2CC2)ccc1CBr.Clc1cc(OCC2CC2)ccc1Cn1cc(I)cn1.IC1=CCN=C1.OCc1ccc(OCC2CC2)cc1Cl.[2H]CF.[H-].[Na+]. The molecule has 0 bridgehead atoms. The molecule has 9 rings (SSSR count). The number of allylic oxidation sites excluding steroid dienone is 1. The predicted octanol–water partition coefficient (Wildman–Crippen LogP) is 13.9. The van der Waals surface area contributed by atoms with E-state index in [0.29, 0.717) is 11.6 Å². The van der Waals surface area contributed by atoms with Crippen LogP contribution in [0.1, 0.15) is 70.9 Å². The molecule has 1 N–H and O–H groups in total. The van der Waals surface area contributed by atoms with Gasteiger partial charge in [-0.2, -0.15) is 5.10 Å². The van der Waals surface area contributed by atoms with Gasteiger partial charge in [0, 0.05) is 49.6 Å². The number of rotatable bonds is 13. The van der Waals surface area contributed by atoms with Crippen molar-refractivity contribution in [3.8, 4) is 17.2 Å². The van der Waals surface area contributed by atoms with E-state index in [-0.39, 0.29) is 41.6 Å². The van der Waals surface area contributed by atoms with Gasteiger partial charge in [0.15, 0.2) is 0 Å². The molecule has 3 saturated carbocycles. The summed E-state index contributed by atoms with van der Waals surface area (Å²) in [6.45, 7) is 5.98. The second-order valence-electron chi connectivity index (χ2n) is 14.8. The molecule has 2 aliphatic heterocycles. The molecule has 3 aromatic carbocycles. The van der Waals surface area contributed by atoms with Crippen LogP contribution in [-0.2, 0) is 23.2 Å². The monoisotopic (exact) mass is 1470 g/mol. The van der Waals surface area contributed by atoms with Crippen molar-refractivity contribution in [1.29, 1.82) is 0 Å². The Morgan fingerprint density at radius 2 is 1.25 bits per heavy atom. The number of ether oxygens (including phenoxy) is 4. The van der Waals surface area contributed by atoms with Gasteiger partial charge in [-0.15, -0.1) is 0 Å². The van der Waals surface area contributed by atoms with E-state index in [0.717, 1.165) is 110 Å². The van der Waals surface area contributed by atoms with E-state index in [1.54, 1.807) is 12.1 Å². The summed E-state index contributed by atoms with van der Waals surface area (Å²) in [6, 6.07) is 17.2. The third kappa shape index (κ3) is 30.0. The molecule has 20 heteroatoms. The Hall–Kier alpha value is 1.21. The van der Waals surface area contributed by atoms with Crippen LogP contribution in [0.5, 0.6) is 17.2 Å². The zero-order valence-corrected chi connectivity index (χ0v) is 51.9. The summed E-state index contributed by atoms with van der Waals surface area (Å²) in [5.74, 6) is 4.81. The summed E-state index contributed by atoms with van der Waals surface area (Å²) in [5.41, 5.74) is 2.90. The molecule has 3 aliphatic carbocycles. The predicted molar refractivity (Wildman–Crippen MR) is 299 cm³/mol. The molecular formula is C45H55Br4Cl3FI2N3NaO5P. The Morgan fingerprint density at radius 1 is 0.815 bits per heavy atom. The minimum atomic E-state index is -1.00. The molecule has 356 valence electrons. The number of aliphatic hydroxyl groups excluding tert-OH is 1. The van der Waals surface area contributed by atoms with Gasteiger partial charge >= 0.3 is 29.6 Å². The first kappa shape index (κ1) is 60.5. The maximum absolute atomic E-state index is 9.96. The maximum Gasteiger partial charge on any atom is 1.00 e. The molecule has 5 aliphatic rings. The Balaban J connectivity index is 0.000000423. The maximum atomic E-state index is 9.96. The minimum Gasteiger partial charge on any atom is -1.00 e. The standard InChI is InChI=1S/C14H14ClIN2O.C11H12BrClO.C11H13ClO2.C4H4IN.C4H8O.CH3F.Br3P.Na.H/c15-14-5-13(19-9-10-1-2-10)4-3-11(14)7-18-8-12(16)6-17-18;12-6-9-3-4-10(5-11(9)13)14-7-8-1-2-8;12-11-5-10(4-3-9(11)6-13)14-7-8-1-2-8;5-4-1-2-6-3-4;1-2-4-5-3-1;1-2;1-4(2)3;;/h3-6,8,10H,1-2,7,9H2;3-5,8H,1-2,6-7H2;3-5,8,13H,1-2,6-7H2;1,3H,2H2;1-4H2;1H3;;;/q;;;;;;;+1;-1/i;;;;;1D;;;. The van der Waals surface area contributed by atoms with Gasteiger partial charge in [-0.25, -0.2) is 0 Å². The molecule has 65 heavy (non-hydrogen) atoms. The minimum absolute atomic E-state index is 0. The number of benzene rings is 3. The van der Waals surface area contributed by atoms with E-state index < -0.39 is 7.15 Å². The Morgan fingerprint density at radius 3 is 1.52 bits per heavy atom. The van der Waals surface area contributed by atoms with Crippen molar-refractivity contribution in [2.24, 2.45) is 22.7 Å². The Labute approximate surface area is 485 Å². The van der Waals surface area contributed by atoms with Gasteiger partial charge in [-0.1, -0.05) is 68.9 Å². The van der Waals surface area contributed by atoms with Gasteiger partial charge in [0.05, 0.1) is 57.8 Å². The molecule has 0 amide bonds. The Kier molecular flexibility index (Phi) is 34.5. The van der Waals surface area contributed by atoms with E-state index >= 15 is 0 Å². The van der Waals surface area contributed by atoms with Gasteiger partial charge in [-0.3, -0.25) is 14.1 Å². The molecule has 0 spiro atoms. The second kappa shape index (κ2) is 37.0. The van der Waals surface area contributed by atoms with Crippen LogP contribution in [0, 0.1) is 21.3 Å². The second-order valence-corrected chi connectivity index (χ2v) is 34.4. The van der Waals surface area contributed by atoms with Crippen LogP contribution in [0.3, 0.4) is 0 Å². The molecule has 1 aromatic heterocycles. The zero-order valence-electron chi connectivity index (χ0n) is 38.1. The van der Waals surface area contributed by atoms with E-state index in [1.807, 2.05) is 65.8 Å². The quantitative estimate of drug-likeness (QED) is 0.0621. The fourth-order valence-electron chi connectivity index (χ4n) is 5.16. The number of halogens is 10. The summed E-state index contributed by atoms with van der Waals surface area (Å²) in [5, 5.41) is 16.0. The van der Waals surface area contributed by atoms with Crippen molar-refractivity contribution >= 4 is 153 Å². The smallest absolute Gasteiger partial charge is 1.00 e. The fourth-order valence-corrected chi connectivity index (χ4v) is 7.34.